The van der Waals surface area contributed by atoms with Crippen molar-refractivity contribution in [1.82, 2.24) is 0 Å². The molecule has 2 aromatic rings. The first-order valence-corrected chi connectivity index (χ1v) is 9.54. The molecule has 5 nitrogen and oxygen atoms in total. The molecule has 144 valence electrons. The van der Waals surface area contributed by atoms with Crippen LogP contribution in [0.25, 0.3) is 6.08 Å². The van der Waals surface area contributed by atoms with Crippen LogP contribution in [-0.2, 0) is 9.59 Å². The number of hydrogen-bond acceptors (Lipinski definition) is 3. The Balaban J connectivity index is 1.87. The first-order valence-electron chi connectivity index (χ1n) is 8.75. The molecule has 1 heterocycles. The van der Waals surface area contributed by atoms with E-state index < -0.39 is 17.7 Å². The third kappa shape index (κ3) is 4.36. The largest absolute Gasteiger partial charge is 0.478 e. The molecule has 0 aliphatic carbocycles. The number of hydrogen-bond donors (Lipinski definition) is 1. The van der Waals surface area contributed by atoms with Gasteiger partial charge in [-0.1, -0.05) is 35.0 Å². The van der Waals surface area contributed by atoms with Crippen LogP contribution in [0.2, 0.25) is 0 Å². The van der Waals surface area contributed by atoms with Crippen molar-refractivity contribution >= 4 is 45.3 Å². The molecule has 1 atom stereocenters. The fourth-order valence-corrected chi connectivity index (χ4v) is 3.28. The third-order valence-electron chi connectivity index (χ3n) is 4.48. The van der Waals surface area contributed by atoms with Gasteiger partial charge in [0.25, 0.3) is 5.91 Å². The average Bonchev–Trinajstić information content (AvgIpc) is 2.99. The summed E-state index contributed by atoms with van der Waals surface area (Å²) in [7, 11) is 0. The van der Waals surface area contributed by atoms with Gasteiger partial charge in [0.1, 0.15) is 5.82 Å². The van der Waals surface area contributed by atoms with Crippen LogP contribution in [0, 0.1) is 11.7 Å². The summed E-state index contributed by atoms with van der Waals surface area (Å²) in [5.74, 6) is -2.41. The monoisotopic (exact) mass is 444 g/mol. The summed E-state index contributed by atoms with van der Waals surface area (Å²) in [4.78, 5) is 24.7. The predicted octanol–water partition coefficient (Wildman–Crippen LogP) is 4.88. The molecule has 0 bridgehead atoms. The van der Waals surface area contributed by atoms with Gasteiger partial charge in [0.05, 0.1) is 17.3 Å². The van der Waals surface area contributed by atoms with Gasteiger partial charge < -0.3 is 5.11 Å². The van der Waals surface area contributed by atoms with Crippen molar-refractivity contribution in [1.29, 1.82) is 0 Å². The van der Waals surface area contributed by atoms with Crippen LogP contribution in [0.15, 0.2) is 63.7 Å². The number of rotatable bonds is 6. The second kappa shape index (κ2) is 8.48. The fraction of sp³-hybridized carbons (Fsp3) is 0.190. The third-order valence-corrected chi connectivity index (χ3v) is 5.01. The van der Waals surface area contributed by atoms with E-state index in [1.54, 1.807) is 12.1 Å². The number of benzene rings is 2. The van der Waals surface area contributed by atoms with Crippen LogP contribution in [-0.4, -0.2) is 22.7 Å². The lowest BCUT2D eigenvalue weighted by molar-refractivity contribution is -0.132. The summed E-state index contributed by atoms with van der Waals surface area (Å²) < 4.78 is 14.0. The summed E-state index contributed by atoms with van der Waals surface area (Å²) in [6.45, 7) is 1.88. The summed E-state index contributed by atoms with van der Waals surface area (Å²) in [5, 5.41) is 15.3. The number of nitrogens with zero attached hydrogens (tertiary/aromatic N) is 2. The molecule has 1 amide bonds. The Hall–Kier alpha value is -2.80. The fourth-order valence-electron chi connectivity index (χ4n) is 3.02. The smallest absolute Gasteiger partial charge is 0.331 e. The van der Waals surface area contributed by atoms with Gasteiger partial charge in [-0.25, -0.2) is 14.2 Å². The highest BCUT2D eigenvalue weighted by Gasteiger charge is 2.37. The second-order valence-corrected chi connectivity index (χ2v) is 7.27. The van der Waals surface area contributed by atoms with Gasteiger partial charge in [-0.15, -0.1) is 0 Å². The van der Waals surface area contributed by atoms with E-state index in [4.69, 9.17) is 0 Å². The van der Waals surface area contributed by atoms with E-state index in [2.05, 4.69) is 21.0 Å². The SMILES string of the molecule is CCC1=NN(c2ccc(Br)cc2)C(=O)C1CC(=Cc1ccc(F)cc1)C(=O)O. The van der Waals surface area contributed by atoms with E-state index in [1.807, 2.05) is 19.1 Å². The van der Waals surface area contributed by atoms with Gasteiger partial charge in [0, 0.05) is 10.0 Å². The predicted molar refractivity (Wildman–Crippen MR) is 109 cm³/mol. The number of anilines is 1. The standard InChI is InChI=1S/C21H18BrFN2O3/c1-2-19-18(20(26)25(24-19)17-9-5-15(22)6-10-17)12-14(21(27)28)11-13-3-7-16(23)8-4-13/h3-11,18H,2,12H2,1H3,(H,27,28). The molecule has 0 saturated carbocycles. The lowest BCUT2D eigenvalue weighted by atomic mass is 9.92. The van der Waals surface area contributed by atoms with E-state index in [-0.39, 0.29) is 17.9 Å². The Morgan fingerprint density at radius 3 is 2.43 bits per heavy atom. The molecule has 28 heavy (non-hydrogen) atoms. The van der Waals surface area contributed by atoms with Gasteiger partial charge in [0.2, 0.25) is 0 Å². The van der Waals surface area contributed by atoms with Crippen LogP contribution < -0.4 is 5.01 Å². The zero-order valence-electron chi connectivity index (χ0n) is 15.1. The number of carboxylic acids is 1. The second-order valence-electron chi connectivity index (χ2n) is 6.35. The topological polar surface area (TPSA) is 70.0 Å². The van der Waals surface area contributed by atoms with Gasteiger partial charge in [-0.3, -0.25) is 4.79 Å². The maximum atomic E-state index is 13.1. The summed E-state index contributed by atoms with van der Waals surface area (Å²) in [5.41, 5.74) is 1.90. The van der Waals surface area contributed by atoms with Crippen LogP contribution in [0.1, 0.15) is 25.3 Å². The molecule has 0 spiro atoms. The Kier molecular flexibility index (Phi) is 6.04. The summed E-state index contributed by atoms with van der Waals surface area (Å²) in [6, 6.07) is 12.7. The minimum absolute atomic E-state index is 0.0191. The normalized spacial score (nSPS) is 17.0. The van der Waals surface area contributed by atoms with Crippen molar-refractivity contribution in [3.63, 3.8) is 0 Å². The van der Waals surface area contributed by atoms with E-state index in [9.17, 15) is 19.1 Å². The van der Waals surface area contributed by atoms with Crippen molar-refractivity contribution < 1.29 is 19.1 Å². The summed E-state index contributed by atoms with van der Waals surface area (Å²) in [6.07, 6.45) is 2.02. The molecule has 1 aliphatic heterocycles. The molecule has 0 fully saturated rings. The van der Waals surface area contributed by atoms with Crippen LogP contribution in [0.5, 0.6) is 0 Å². The lowest BCUT2D eigenvalue weighted by Crippen LogP contribution is -2.28. The van der Waals surface area contributed by atoms with Crippen LogP contribution in [0.3, 0.4) is 0 Å². The van der Waals surface area contributed by atoms with Gasteiger partial charge in [-0.05, 0) is 60.9 Å². The van der Waals surface area contributed by atoms with Crippen LogP contribution in [0.4, 0.5) is 10.1 Å². The van der Waals surface area contributed by atoms with Crippen molar-refractivity contribution in [2.75, 3.05) is 5.01 Å². The van der Waals surface area contributed by atoms with Crippen molar-refractivity contribution in [2.45, 2.75) is 19.8 Å². The molecule has 2 aromatic carbocycles. The number of halogens is 2. The zero-order chi connectivity index (χ0) is 20.3. The Labute approximate surface area is 170 Å². The quantitative estimate of drug-likeness (QED) is 0.645. The highest BCUT2D eigenvalue weighted by Crippen LogP contribution is 2.30. The first kappa shape index (κ1) is 19.9. The maximum Gasteiger partial charge on any atom is 0.331 e. The lowest BCUT2D eigenvalue weighted by Gasteiger charge is -2.15. The van der Waals surface area contributed by atoms with E-state index >= 15 is 0 Å². The minimum Gasteiger partial charge on any atom is -0.478 e. The van der Waals surface area contributed by atoms with E-state index in [0.717, 1.165) is 4.47 Å². The van der Waals surface area contributed by atoms with Crippen molar-refractivity contribution in [2.24, 2.45) is 11.0 Å². The Bertz CT molecular complexity index is 953. The van der Waals surface area contributed by atoms with E-state index in [0.29, 0.717) is 23.4 Å². The number of aliphatic carboxylic acids is 1. The Morgan fingerprint density at radius 2 is 1.86 bits per heavy atom. The molecule has 1 unspecified atom stereocenters. The number of carbonyl (C=O) groups is 2. The number of carbonyl (C=O) groups excluding carboxylic acids is 1. The highest BCUT2D eigenvalue weighted by atomic mass is 79.9. The number of carboxylic acid groups (broad SMARTS) is 1. The molecule has 3 rings (SSSR count). The molecule has 0 aromatic heterocycles. The molecule has 7 heteroatoms. The number of amides is 1. The first-order chi connectivity index (χ1) is 13.4. The average molecular weight is 445 g/mol. The highest BCUT2D eigenvalue weighted by molar-refractivity contribution is 9.10. The maximum absolute atomic E-state index is 13.1. The van der Waals surface area contributed by atoms with E-state index in [1.165, 1.54) is 35.4 Å². The summed E-state index contributed by atoms with van der Waals surface area (Å²) >= 11 is 3.36. The van der Waals surface area contributed by atoms with Gasteiger partial charge in [0.15, 0.2) is 0 Å². The van der Waals surface area contributed by atoms with Crippen LogP contribution >= 0.6 is 15.9 Å². The van der Waals surface area contributed by atoms with Gasteiger partial charge >= 0.3 is 5.97 Å². The minimum atomic E-state index is -1.12. The molecule has 0 radical (unpaired) electrons. The number of hydrazone groups is 1. The molecule has 0 saturated heterocycles. The van der Waals surface area contributed by atoms with Crippen molar-refractivity contribution in [3.8, 4) is 0 Å². The molecular weight excluding hydrogens is 427 g/mol. The Morgan fingerprint density at radius 1 is 1.21 bits per heavy atom. The van der Waals surface area contributed by atoms with Gasteiger partial charge in [-0.2, -0.15) is 5.10 Å². The zero-order valence-corrected chi connectivity index (χ0v) is 16.7. The molecular formula is C21H18BrFN2O3. The molecule has 1 aliphatic rings. The van der Waals surface area contributed by atoms with Crippen molar-refractivity contribution in [3.05, 3.63) is 70.0 Å². The molecule has 1 N–H and O–H groups in total.